The van der Waals surface area contributed by atoms with Crippen LogP contribution in [-0.2, 0) is 0 Å². The van der Waals surface area contributed by atoms with Crippen molar-refractivity contribution in [2.75, 3.05) is 0 Å². The van der Waals surface area contributed by atoms with Crippen molar-refractivity contribution >= 4 is 12.2 Å². The van der Waals surface area contributed by atoms with Crippen molar-refractivity contribution in [2.24, 2.45) is 0 Å². The Hall–Kier alpha value is -1.58. The molecule has 0 unspecified atom stereocenters. The average Bonchev–Trinajstić information content (AvgIpc) is 2.05. The predicted octanol–water partition coefficient (Wildman–Crippen LogP) is 0.553. The number of aromatic nitrogens is 4. The van der Waals surface area contributed by atoms with Gasteiger partial charge in [0.25, 0.3) is 0 Å². The summed E-state index contributed by atoms with van der Waals surface area (Å²) in [6.07, 6.45) is 2.96. The summed E-state index contributed by atoms with van der Waals surface area (Å²) in [5.74, 6) is 0.844. The van der Waals surface area contributed by atoms with Crippen LogP contribution in [0.1, 0.15) is 11.6 Å². The van der Waals surface area contributed by atoms with Crippen LogP contribution in [0.5, 0.6) is 0 Å². The molecule has 4 nitrogen and oxygen atoms in total. The van der Waals surface area contributed by atoms with E-state index in [4.69, 9.17) is 0 Å². The van der Waals surface area contributed by atoms with Crippen molar-refractivity contribution in [3.05, 3.63) is 24.8 Å². The minimum absolute atomic E-state index is 0.422. The van der Waals surface area contributed by atoms with Crippen LogP contribution in [0.15, 0.2) is 13.2 Å². The van der Waals surface area contributed by atoms with E-state index in [1.165, 1.54) is 12.2 Å². The Morgan fingerprint density at radius 2 is 1.10 bits per heavy atom. The third-order valence-electron chi connectivity index (χ3n) is 0.875. The molecule has 0 saturated carbocycles. The summed E-state index contributed by atoms with van der Waals surface area (Å²) in [7, 11) is 0. The van der Waals surface area contributed by atoms with Gasteiger partial charge in [-0.1, -0.05) is 13.2 Å². The van der Waals surface area contributed by atoms with Crippen LogP contribution < -0.4 is 0 Å². The third kappa shape index (κ3) is 1.22. The Balaban J connectivity index is 3.00. The lowest BCUT2D eigenvalue weighted by molar-refractivity contribution is 0.826. The first-order chi connectivity index (χ1) is 4.86. The minimum atomic E-state index is 0.422. The number of hydrogen-bond donors (Lipinski definition) is 0. The van der Waals surface area contributed by atoms with Crippen molar-refractivity contribution in [2.45, 2.75) is 0 Å². The van der Waals surface area contributed by atoms with Crippen LogP contribution in [-0.4, -0.2) is 20.4 Å². The highest BCUT2D eigenvalue weighted by atomic mass is 15.3. The van der Waals surface area contributed by atoms with Gasteiger partial charge in [-0.2, -0.15) is 0 Å². The zero-order valence-electron chi connectivity index (χ0n) is 5.36. The van der Waals surface area contributed by atoms with E-state index in [9.17, 15) is 0 Å². The third-order valence-corrected chi connectivity index (χ3v) is 0.875. The second kappa shape index (κ2) is 2.82. The van der Waals surface area contributed by atoms with E-state index in [0.717, 1.165) is 0 Å². The zero-order valence-corrected chi connectivity index (χ0v) is 5.36. The van der Waals surface area contributed by atoms with Gasteiger partial charge in [0.2, 0.25) is 0 Å². The second-order valence-corrected chi connectivity index (χ2v) is 1.52. The fourth-order valence-corrected chi connectivity index (χ4v) is 0.408. The normalized spacial score (nSPS) is 8.80. The summed E-state index contributed by atoms with van der Waals surface area (Å²) in [6.45, 7) is 6.91. The van der Waals surface area contributed by atoms with Gasteiger partial charge in [-0.15, -0.1) is 20.4 Å². The van der Waals surface area contributed by atoms with Gasteiger partial charge in [-0.05, 0) is 12.2 Å². The van der Waals surface area contributed by atoms with Crippen molar-refractivity contribution in [1.82, 2.24) is 20.4 Å². The van der Waals surface area contributed by atoms with Crippen LogP contribution in [0.4, 0.5) is 0 Å². The van der Waals surface area contributed by atoms with Crippen molar-refractivity contribution < 1.29 is 0 Å². The van der Waals surface area contributed by atoms with Gasteiger partial charge in [0.15, 0.2) is 11.6 Å². The molecule has 0 aliphatic carbocycles. The maximum Gasteiger partial charge on any atom is 0.195 e. The number of hydrogen-bond acceptors (Lipinski definition) is 4. The summed E-state index contributed by atoms with van der Waals surface area (Å²) in [6, 6.07) is 0. The van der Waals surface area contributed by atoms with Gasteiger partial charge in [-0.25, -0.2) is 0 Å². The smallest absolute Gasteiger partial charge is 0.127 e. The Morgan fingerprint density at radius 1 is 0.800 bits per heavy atom. The molecule has 0 N–H and O–H groups in total. The van der Waals surface area contributed by atoms with E-state index in [0.29, 0.717) is 11.6 Å². The van der Waals surface area contributed by atoms with Gasteiger partial charge < -0.3 is 0 Å². The lowest BCUT2D eigenvalue weighted by Crippen LogP contribution is -1.97. The quantitative estimate of drug-likeness (QED) is 0.592. The largest absolute Gasteiger partial charge is 0.195 e. The number of rotatable bonds is 2. The Bertz CT molecular complexity index is 211. The minimum Gasteiger partial charge on any atom is -0.127 e. The van der Waals surface area contributed by atoms with Crippen molar-refractivity contribution in [3.8, 4) is 0 Å². The van der Waals surface area contributed by atoms with E-state index in [1.807, 2.05) is 0 Å². The first-order valence-corrected chi connectivity index (χ1v) is 2.69. The maximum absolute atomic E-state index is 3.66. The van der Waals surface area contributed by atoms with E-state index in [2.05, 4.69) is 33.6 Å². The highest BCUT2D eigenvalue weighted by Gasteiger charge is 1.90. The van der Waals surface area contributed by atoms with Crippen LogP contribution in [0.2, 0.25) is 0 Å². The molecule has 1 heterocycles. The van der Waals surface area contributed by atoms with E-state index < -0.39 is 0 Å². The Morgan fingerprint density at radius 3 is 1.30 bits per heavy atom. The average molecular weight is 134 g/mol. The van der Waals surface area contributed by atoms with Gasteiger partial charge in [0, 0.05) is 0 Å². The molecule has 4 heteroatoms. The highest BCUT2D eigenvalue weighted by Crippen LogP contribution is 1.87. The van der Waals surface area contributed by atoms with Crippen LogP contribution in [0, 0.1) is 0 Å². The molecule has 0 saturated heterocycles. The monoisotopic (exact) mass is 134 g/mol. The zero-order chi connectivity index (χ0) is 7.40. The molecule has 1 aromatic heterocycles. The molecule has 0 bridgehead atoms. The molecule has 0 atom stereocenters. The first kappa shape index (κ1) is 6.54. The summed E-state index contributed by atoms with van der Waals surface area (Å²) < 4.78 is 0. The molecular weight excluding hydrogens is 128 g/mol. The van der Waals surface area contributed by atoms with Crippen LogP contribution in [0.3, 0.4) is 0 Å². The first-order valence-electron chi connectivity index (χ1n) is 2.69. The van der Waals surface area contributed by atoms with E-state index in [1.54, 1.807) is 0 Å². The van der Waals surface area contributed by atoms with Gasteiger partial charge in [0.05, 0.1) is 0 Å². The van der Waals surface area contributed by atoms with Crippen molar-refractivity contribution in [1.29, 1.82) is 0 Å². The molecular formula is C6H6N4. The van der Waals surface area contributed by atoms with Gasteiger partial charge >= 0.3 is 0 Å². The van der Waals surface area contributed by atoms with E-state index >= 15 is 0 Å². The molecule has 0 spiro atoms. The van der Waals surface area contributed by atoms with Gasteiger partial charge in [-0.3, -0.25) is 0 Å². The molecule has 0 aromatic carbocycles. The van der Waals surface area contributed by atoms with Crippen LogP contribution >= 0.6 is 0 Å². The fraction of sp³-hybridized carbons (Fsp3) is 0. The topological polar surface area (TPSA) is 51.6 Å². The molecule has 0 amide bonds. The number of nitrogens with zero attached hydrogens (tertiary/aromatic N) is 4. The summed E-state index contributed by atoms with van der Waals surface area (Å²) >= 11 is 0. The molecule has 0 aliphatic rings. The lowest BCUT2D eigenvalue weighted by atomic mass is 10.6. The molecule has 1 rings (SSSR count). The molecule has 10 heavy (non-hydrogen) atoms. The van der Waals surface area contributed by atoms with Gasteiger partial charge in [0.1, 0.15) is 0 Å². The fourth-order valence-electron chi connectivity index (χ4n) is 0.408. The Labute approximate surface area is 58.3 Å². The molecule has 50 valence electrons. The maximum atomic E-state index is 3.66. The molecule has 0 aliphatic heterocycles. The van der Waals surface area contributed by atoms with Crippen molar-refractivity contribution in [3.63, 3.8) is 0 Å². The predicted molar refractivity (Wildman–Crippen MR) is 37.8 cm³/mol. The molecule has 1 aromatic rings. The molecule has 0 radical (unpaired) electrons. The summed E-state index contributed by atoms with van der Waals surface area (Å²) in [5.41, 5.74) is 0. The highest BCUT2D eigenvalue weighted by molar-refractivity contribution is 5.36. The van der Waals surface area contributed by atoms with E-state index in [-0.39, 0.29) is 0 Å². The Kier molecular flexibility index (Phi) is 1.84. The second-order valence-electron chi connectivity index (χ2n) is 1.52. The SMILES string of the molecule is C=Cc1nnc(C=C)nn1. The summed E-state index contributed by atoms with van der Waals surface area (Å²) in [5, 5.41) is 14.6. The summed E-state index contributed by atoms with van der Waals surface area (Å²) in [4.78, 5) is 0. The van der Waals surface area contributed by atoms with Crippen LogP contribution in [0.25, 0.3) is 12.2 Å². The standard InChI is InChI=1S/C6H6N4/c1-3-5-7-9-6(4-2)10-8-5/h3-4H,1-2H2. The lowest BCUT2D eigenvalue weighted by Gasteiger charge is -1.87. The molecule has 0 fully saturated rings.